The van der Waals surface area contributed by atoms with Crippen molar-refractivity contribution in [2.45, 2.75) is 19.8 Å². The van der Waals surface area contributed by atoms with Crippen LogP contribution in [0.1, 0.15) is 18.4 Å². The zero-order valence-corrected chi connectivity index (χ0v) is 15.1. The molecule has 0 bridgehead atoms. The number of anilines is 2. The Balaban J connectivity index is 1.42. The Morgan fingerprint density at radius 3 is 2.78 bits per heavy atom. The van der Waals surface area contributed by atoms with Gasteiger partial charge < -0.3 is 15.2 Å². The predicted octanol–water partition coefficient (Wildman–Crippen LogP) is 2.48. The van der Waals surface area contributed by atoms with E-state index in [0.717, 1.165) is 48.3 Å². The number of pyridine rings is 1. The van der Waals surface area contributed by atoms with Crippen LogP contribution in [0, 0.1) is 12.8 Å². The van der Waals surface area contributed by atoms with E-state index in [9.17, 15) is 9.59 Å². The van der Waals surface area contributed by atoms with Crippen LogP contribution in [0.25, 0.3) is 10.9 Å². The average molecular weight is 363 g/mol. The highest BCUT2D eigenvalue weighted by atomic mass is 16.2. The fourth-order valence-electron chi connectivity index (χ4n) is 3.46. The third-order valence-corrected chi connectivity index (χ3v) is 5.04. The molecule has 1 aliphatic heterocycles. The van der Waals surface area contributed by atoms with Crippen LogP contribution in [0.3, 0.4) is 0 Å². The smallest absolute Gasteiger partial charge is 0.251 e. The number of aryl methyl sites for hydroxylation is 1. The molecule has 4 rings (SSSR count). The minimum atomic E-state index is -0.0887. The number of amides is 1. The largest absolute Gasteiger partial charge is 0.355 e. The quantitative estimate of drug-likeness (QED) is 0.746. The van der Waals surface area contributed by atoms with Crippen LogP contribution < -0.4 is 15.8 Å². The van der Waals surface area contributed by atoms with Gasteiger partial charge in [0.1, 0.15) is 5.82 Å². The molecule has 0 aliphatic carbocycles. The highest BCUT2D eigenvalue weighted by Crippen LogP contribution is 2.23. The number of benzene rings is 1. The van der Waals surface area contributed by atoms with Gasteiger partial charge in [0.2, 0.25) is 5.91 Å². The van der Waals surface area contributed by atoms with E-state index in [1.165, 1.54) is 0 Å². The summed E-state index contributed by atoms with van der Waals surface area (Å²) in [4.78, 5) is 37.8. The molecule has 3 heterocycles. The molecule has 0 unspecified atom stereocenters. The lowest BCUT2D eigenvalue weighted by atomic mass is 9.96. The summed E-state index contributed by atoms with van der Waals surface area (Å²) in [7, 11) is 0. The number of carbonyl (C=O) groups is 1. The van der Waals surface area contributed by atoms with Crippen LogP contribution in [0.2, 0.25) is 0 Å². The molecule has 1 saturated heterocycles. The lowest BCUT2D eigenvalue weighted by molar-refractivity contribution is -0.120. The minimum Gasteiger partial charge on any atom is -0.355 e. The summed E-state index contributed by atoms with van der Waals surface area (Å²) < 4.78 is 0. The first-order chi connectivity index (χ1) is 13.1. The Labute approximate surface area is 156 Å². The molecule has 1 amide bonds. The van der Waals surface area contributed by atoms with Crippen molar-refractivity contribution in [2.24, 2.45) is 5.92 Å². The van der Waals surface area contributed by atoms with Gasteiger partial charge >= 0.3 is 0 Å². The van der Waals surface area contributed by atoms with E-state index in [0.29, 0.717) is 5.56 Å². The van der Waals surface area contributed by atoms with Gasteiger partial charge in [-0.2, -0.15) is 0 Å². The molecular formula is C20H21N5O2. The lowest BCUT2D eigenvalue weighted by Gasteiger charge is -2.31. The lowest BCUT2D eigenvalue weighted by Crippen LogP contribution is -2.38. The first kappa shape index (κ1) is 17.2. The third kappa shape index (κ3) is 3.67. The van der Waals surface area contributed by atoms with E-state index in [2.05, 4.69) is 25.2 Å². The number of hydrogen-bond acceptors (Lipinski definition) is 5. The van der Waals surface area contributed by atoms with Crippen molar-refractivity contribution in [3.63, 3.8) is 0 Å². The number of nitrogens with zero attached hydrogens (tertiary/aromatic N) is 3. The minimum absolute atomic E-state index is 0.0223. The summed E-state index contributed by atoms with van der Waals surface area (Å²) in [6.45, 7) is 3.35. The summed E-state index contributed by atoms with van der Waals surface area (Å²) in [5, 5.41) is 3.92. The van der Waals surface area contributed by atoms with Crippen molar-refractivity contribution in [1.29, 1.82) is 0 Å². The molecule has 138 valence electrons. The maximum absolute atomic E-state index is 12.7. The number of fused-ring (bicyclic) bond motifs is 1. The van der Waals surface area contributed by atoms with E-state index in [4.69, 9.17) is 0 Å². The van der Waals surface area contributed by atoms with Gasteiger partial charge in [-0.15, -0.1) is 0 Å². The molecule has 2 N–H and O–H groups in total. The first-order valence-electron chi connectivity index (χ1n) is 9.06. The maximum Gasteiger partial charge on any atom is 0.251 e. The van der Waals surface area contributed by atoms with E-state index in [1.54, 1.807) is 25.5 Å². The van der Waals surface area contributed by atoms with E-state index in [-0.39, 0.29) is 17.4 Å². The van der Waals surface area contributed by atoms with Crippen LogP contribution in [-0.2, 0) is 4.79 Å². The van der Waals surface area contributed by atoms with Gasteiger partial charge in [-0.05, 0) is 44.0 Å². The van der Waals surface area contributed by atoms with Crippen molar-refractivity contribution in [2.75, 3.05) is 23.3 Å². The maximum atomic E-state index is 12.7. The molecule has 27 heavy (non-hydrogen) atoms. The topological polar surface area (TPSA) is 91.0 Å². The van der Waals surface area contributed by atoms with Gasteiger partial charge in [0.15, 0.2) is 0 Å². The van der Waals surface area contributed by atoms with Crippen LogP contribution in [-0.4, -0.2) is 33.9 Å². The average Bonchev–Trinajstić information content (AvgIpc) is 2.70. The highest BCUT2D eigenvalue weighted by Gasteiger charge is 2.25. The molecule has 0 atom stereocenters. The van der Waals surface area contributed by atoms with Crippen molar-refractivity contribution in [3.05, 3.63) is 58.8 Å². The van der Waals surface area contributed by atoms with Gasteiger partial charge in [0.25, 0.3) is 5.56 Å². The molecule has 1 aliphatic rings. The number of rotatable bonds is 3. The molecule has 0 saturated carbocycles. The van der Waals surface area contributed by atoms with E-state index in [1.807, 2.05) is 24.3 Å². The van der Waals surface area contributed by atoms with Crippen molar-refractivity contribution < 1.29 is 4.79 Å². The fraction of sp³-hybridized carbons (Fsp3) is 0.300. The summed E-state index contributed by atoms with van der Waals surface area (Å²) >= 11 is 0. The molecule has 7 heteroatoms. The molecule has 7 nitrogen and oxygen atoms in total. The molecule has 0 spiro atoms. The van der Waals surface area contributed by atoms with Crippen LogP contribution in [0.4, 0.5) is 11.5 Å². The van der Waals surface area contributed by atoms with Crippen molar-refractivity contribution >= 4 is 28.3 Å². The standard InChI is InChI=1S/C20H21N5O2/c1-13-10-15-11-16(2-3-17(15)24-19(13)26)23-20(27)14-4-8-25(9-5-14)18-12-21-6-7-22-18/h2-3,6-7,10-12,14H,4-5,8-9H2,1H3,(H,23,27)(H,24,26). The van der Waals surface area contributed by atoms with Crippen LogP contribution in [0.15, 0.2) is 47.7 Å². The Morgan fingerprint density at radius 1 is 1.22 bits per heavy atom. The number of piperidine rings is 1. The van der Waals surface area contributed by atoms with Crippen molar-refractivity contribution in [1.82, 2.24) is 15.0 Å². The Hall–Kier alpha value is -3.22. The second-order valence-corrected chi connectivity index (χ2v) is 6.90. The van der Waals surface area contributed by atoms with E-state index < -0.39 is 0 Å². The highest BCUT2D eigenvalue weighted by molar-refractivity contribution is 5.95. The summed E-state index contributed by atoms with van der Waals surface area (Å²) in [6, 6.07) is 7.37. The van der Waals surface area contributed by atoms with Crippen LogP contribution in [0.5, 0.6) is 0 Å². The molecule has 1 aromatic carbocycles. The number of aromatic nitrogens is 3. The molecule has 1 fully saturated rings. The Morgan fingerprint density at radius 2 is 2.04 bits per heavy atom. The zero-order valence-electron chi connectivity index (χ0n) is 15.1. The summed E-state index contributed by atoms with van der Waals surface area (Å²) in [5.74, 6) is 0.871. The van der Waals surface area contributed by atoms with Crippen molar-refractivity contribution in [3.8, 4) is 0 Å². The Bertz CT molecular complexity index is 1020. The zero-order chi connectivity index (χ0) is 18.8. The summed E-state index contributed by atoms with van der Waals surface area (Å²) in [6.07, 6.45) is 6.65. The van der Waals surface area contributed by atoms with Gasteiger partial charge in [0.05, 0.1) is 6.20 Å². The number of aromatic amines is 1. The molecule has 3 aromatic rings. The van der Waals surface area contributed by atoms with Crippen LogP contribution >= 0.6 is 0 Å². The summed E-state index contributed by atoms with van der Waals surface area (Å²) in [5.41, 5.74) is 2.08. The monoisotopic (exact) mass is 363 g/mol. The molecular weight excluding hydrogens is 342 g/mol. The number of carbonyl (C=O) groups excluding carboxylic acids is 1. The van der Waals surface area contributed by atoms with Gasteiger partial charge in [-0.25, -0.2) is 4.98 Å². The fourth-order valence-corrected chi connectivity index (χ4v) is 3.46. The second kappa shape index (κ2) is 7.19. The SMILES string of the molecule is Cc1cc2cc(NC(=O)C3CCN(c4cnccn4)CC3)ccc2[nH]c1=O. The first-order valence-corrected chi connectivity index (χ1v) is 9.06. The number of H-pyrrole nitrogens is 1. The number of hydrogen-bond donors (Lipinski definition) is 2. The third-order valence-electron chi connectivity index (χ3n) is 5.04. The normalized spacial score (nSPS) is 15.1. The molecule has 0 radical (unpaired) electrons. The van der Waals surface area contributed by atoms with Gasteiger partial charge in [-0.3, -0.25) is 14.6 Å². The molecule has 2 aromatic heterocycles. The Kier molecular flexibility index (Phi) is 4.58. The second-order valence-electron chi connectivity index (χ2n) is 6.90. The van der Waals surface area contributed by atoms with E-state index >= 15 is 0 Å². The predicted molar refractivity (Wildman–Crippen MR) is 105 cm³/mol. The number of nitrogens with one attached hydrogen (secondary N) is 2. The van der Waals surface area contributed by atoms with Gasteiger partial charge in [0, 0.05) is 53.6 Å². The van der Waals surface area contributed by atoms with Gasteiger partial charge in [-0.1, -0.05) is 0 Å².